The minimum atomic E-state index is -0.667. The van der Waals surface area contributed by atoms with Gasteiger partial charge in [-0.25, -0.2) is 4.79 Å². The number of nitrogens with one attached hydrogen (secondary N) is 1. The minimum Gasteiger partial charge on any atom is -0.462 e. The number of hydrogen-bond acceptors (Lipinski definition) is 6. The summed E-state index contributed by atoms with van der Waals surface area (Å²) in [4.78, 5) is 36.4. The summed E-state index contributed by atoms with van der Waals surface area (Å²) < 4.78 is 6.44. The van der Waals surface area contributed by atoms with E-state index in [2.05, 4.69) is 10.4 Å². The molecule has 0 saturated carbocycles. The summed E-state index contributed by atoms with van der Waals surface area (Å²) in [6, 6.07) is 1.62. The second-order valence-electron chi connectivity index (χ2n) is 5.09. The van der Waals surface area contributed by atoms with Crippen molar-refractivity contribution < 1.29 is 19.1 Å². The van der Waals surface area contributed by atoms with E-state index in [1.54, 1.807) is 33.9 Å². The fourth-order valence-corrected chi connectivity index (χ4v) is 3.32. The van der Waals surface area contributed by atoms with Crippen molar-refractivity contribution in [1.29, 1.82) is 0 Å². The fourth-order valence-electron chi connectivity index (χ4n) is 2.28. The van der Waals surface area contributed by atoms with Crippen LogP contribution in [0.4, 0.5) is 5.00 Å². The molecule has 0 aliphatic rings. The van der Waals surface area contributed by atoms with Crippen LogP contribution >= 0.6 is 11.3 Å². The molecule has 0 saturated heterocycles. The van der Waals surface area contributed by atoms with E-state index in [9.17, 15) is 14.4 Å². The van der Waals surface area contributed by atoms with Crippen molar-refractivity contribution in [3.8, 4) is 0 Å². The molecule has 0 aromatic carbocycles. The van der Waals surface area contributed by atoms with Crippen LogP contribution in [0.25, 0.3) is 0 Å². The molecular weight excluding hydrogens is 332 g/mol. The number of carbonyl (C=O) groups is 3. The molecule has 9 heteroatoms. The molecule has 0 radical (unpaired) electrons. The fraction of sp³-hybridized carbons (Fsp3) is 0.333. The third kappa shape index (κ3) is 3.30. The molecule has 24 heavy (non-hydrogen) atoms. The highest BCUT2D eigenvalue weighted by Crippen LogP contribution is 2.33. The first-order chi connectivity index (χ1) is 11.3. The molecular formula is C15H18N4O4S. The number of thiophene rings is 1. The standard InChI is InChI=1S/C15H18N4O4S/c1-5-23-15(22)10-8(3)11(12(16)20)24-14(10)17-13(21)9-6-7(2)18-19(9)4/h6H,5H2,1-4H3,(H2,16,20)(H,17,21). The van der Waals surface area contributed by atoms with E-state index in [-0.39, 0.29) is 22.0 Å². The summed E-state index contributed by atoms with van der Waals surface area (Å²) in [5.74, 6) is -1.73. The number of aromatic nitrogens is 2. The van der Waals surface area contributed by atoms with Gasteiger partial charge in [-0.1, -0.05) is 0 Å². The lowest BCUT2D eigenvalue weighted by molar-refractivity contribution is 0.0527. The van der Waals surface area contributed by atoms with E-state index in [1.165, 1.54) is 4.68 Å². The van der Waals surface area contributed by atoms with Gasteiger partial charge in [-0.15, -0.1) is 11.3 Å². The zero-order valence-corrected chi connectivity index (χ0v) is 14.6. The molecule has 0 bridgehead atoms. The summed E-state index contributed by atoms with van der Waals surface area (Å²) in [5.41, 5.74) is 6.88. The Kier molecular flexibility index (Phi) is 5.03. The van der Waals surface area contributed by atoms with Crippen LogP contribution in [-0.2, 0) is 11.8 Å². The van der Waals surface area contributed by atoms with Crippen molar-refractivity contribution >= 4 is 34.1 Å². The summed E-state index contributed by atoms with van der Waals surface area (Å²) in [7, 11) is 1.64. The number of primary amides is 1. The van der Waals surface area contributed by atoms with Crippen LogP contribution in [0.1, 0.15) is 48.7 Å². The van der Waals surface area contributed by atoms with Gasteiger partial charge >= 0.3 is 5.97 Å². The molecule has 8 nitrogen and oxygen atoms in total. The van der Waals surface area contributed by atoms with Gasteiger partial charge in [-0.05, 0) is 32.4 Å². The van der Waals surface area contributed by atoms with Crippen molar-refractivity contribution in [2.75, 3.05) is 11.9 Å². The number of amides is 2. The first-order valence-electron chi connectivity index (χ1n) is 7.18. The third-order valence-electron chi connectivity index (χ3n) is 3.31. The highest BCUT2D eigenvalue weighted by atomic mass is 32.1. The number of esters is 1. The van der Waals surface area contributed by atoms with Crippen molar-refractivity contribution in [2.45, 2.75) is 20.8 Å². The van der Waals surface area contributed by atoms with Crippen molar-refractivity contribution in [1.82, 2.24) is 9.78 Å². The van der Waals surface area contributed by atoms with Gasteiger partial charge in [0.05, 0.1) is 22.7 Å². The molecule has 0 spiro atoms. The average molecular weight is 350 g/mol. The number of nitrogens with zero attached hydrogens (tertiary/aromatic N) is 2. The number of ether oxygens (including phenoxy) is 1. The summed E-state index contributed by atoms with van der Waals surface area (Å²) in [5, 5.41) is 6.98. The van der Waals surface area contributed by atoms with Crippen LogP contribution in [0.2, 0.25) is 0 Å². The van der Waals surface area contributed by atoms with Crippen LogP contribution in [-0.4, -0.2) is 34.2 Å². The van der Waals surface area contributed by atoms with E-state index in [0.29, 0.717) is 17.0 Å². The smallest absolute Gasteiger partial charge is 0.341 e. The Morgan fingerprint density at radius 1 is 1.38 bits per heavy atom. The Bertz CT molecular complexity index is 822. The Hall–Kier alpha value is -2.68. The van der Waals surface area contributed by atoms with E-state index < -0.39 is 17.8 Å². The number of anilines is 1. The van der Waals surface area contributed by atoms with Crippen LogP contribution in [0.15, 0.2) is 6.07 Å². The van der Waals surface area contributed by atoms with Crippen LogP contribution in [0.3, 0.4) is 0 Å². The summed E-state index contributed by atoms with van der Waals surface area (Å²) >= 11 is 0.947. The van der Waals surface area contributed by atoms with Crippen LogP contribution < -0.4 is 11.1 Å². The monoisotopic (exact) mass is 350 g/mol. The number of hydrogen-bond donors (Lipinski definition) is 2. The summed E-state index contributed by atoms with van der Waals surface area (Å²) in [6.07, 6.45) is 0. The molecule has 0 aliphatic heterocycles. The van der Waals surface area contributed by atoms with E-state index in [4.69, 9.17) is 10.5 Å². The largest absolute Gasteiger partial charge is 0.462 e. The van der Waals surface area contributed by atoms with Crippen molar-refractivity contribution in [3.63, 3.8) is 0 Å². The van der Waals surface area contributed by atoms with Gasteiger partial charge in [0.15, 0.2) is 0 Å². The molecule has 2 aromatic rings. The van der Waals surface area contributed by atoms with Crippen molar-refractivity contribution in [3.05, 3.63) is 33.5 Å². The highest BCUT2D eigenvalue weighted by Gasteiger charge is 2.26. The molecule has 0 aliphatic carbocycles. The van der Waals surface area contributed by atoms with Crippen molar-refractivity contribution in [2.24, 2.45) is 12.8 Å². The van der Waals surface area contributed by atoms with Gasteiger partial charge in [-0.2, -0.15) is 5.10 Å². The SMILES string of the molecule is CCOC(=O)c1c(NC(=O)c2cc(C)nn2C)sc(C(N)=O)c1C. The Labute approximate surface area is 142 Å². The second kappa shape index (κ2) is 6.83. The lowest BCUT2D eigenvalue weighted by Gasteiger charge is -2.07. The van der Waals surface area contributed by atoms with E-state index >= 15 is 0 Å². The number of rotatable bonds is 5. The van der Waals surface area contributed by atoms with E-state index in [0.717, 1.165) is 11.3 Å². The molecule has 128 valence electrons. The topological polar surface area (TPSA) is 116 Å². The van der Waals surface area contributed by atoms with Gasteiger partial charge in [-0.3, -0.25) is 14.3 Å². The zero-order chi connectivity index (χ0) is 18.0. The molecule has 2 aromatic heterocycles. The maximum atomic E-state index is 12.4. The molecule has 2 heterocycles. The first-order valence-corrected chi connectivity index (χ1v) is 8.00. The van der Waals surface area contributed by atoms with Crippen LogP contribution in [0, 0.1) is 13.8 Å². The Morgan fingerprint density at radius 3 is 2.54 bits per heavy atom. The third-order valence-corrected chi connectivity index (χ3v) is 4.53. The number of nitrogens with two attached hydrogens (primary N) is 1. The zero-order valence-electron chi connectivity index (χ0n) is 13.8. The maximum absolute atomic E-state index is 12.4. The van der Waals surface area contributed by atoms with Gasteiger partial charge < -0.3 is 15.8 Å². The van der Waals surface area contributed by atoms with Gasteiger partial charge in [0.2, 0.25) is 0 Å². The lowest BCUT2D eigenvalue weighted by atomic mass is 10.1. The first kappa shape index (κ1) is 17.7. The number of carbonyl (C=O) groups excluding carboxylic acids is 3. The molecule has 2 rings (SSSR count). The summed E-state index contributed by atoms with van der Waals surface area (Å²) in [6.45, 7) is 5.20. The Balaban J connectivity index is 2.43. The Morgan fingerprint density at radius 2 is 2.04 bits per heavy atom. The average Bonchev–Trinajstić information content (AvgIpc) is 2.98. The molecule has 0 atom stereocenters. The predicted octanol–water partition coefficient (Wildman–Crippen LogP) is 1.63. The lowest BCUT2D eigenvalue weighted by Crippen LogP contribution is -2.17. The normalized spacial score (nSPS) is 10.5. The minimum absolute atomic E-state index is 0.142. The molecule has 2 amide bonds. The molecule has 0 fully saturated rings. The predicted molar refractivity (Wildman–Crippen MR) is 89.4 cm³/mol. The second-order valence-corrected chi connectivity index (χ2v) is 6.11. The quantitative estimate of drug-likeness (QED) is 0.795. The van der Waals surface area contributed by atoms with E-state index in [1.807, 2.05) is 0 Å². The van der Waals surface area contributed by atoms with Crippen LogP contribution in [0.5, 0.6) is 0 Å². The number of aryl methyl sites for hydroxylation is 2. The maximum Gasteiger partial charge on any atom is 0.341 e. The van der Waals surface area contributed by atoms with Gasteiger partial charge in [0.25, 0.3) is 11.8 Å². The molecule has 0 unspecified atom stereocenters. The van der Waals surface area contributed by atoms with Gasteiger partial charge in [0, 0.05) is 7.05 Å². The van der Waals surface area contributed by atoms with Gasteiger partial charge in [0.1, 0.15) is 10.7 Å². The molecule has 3 N–H and O–H groups in total. The highest BCUT2D eigenvalue weighted by molar-refractivity contribution is 7.18.